The van der Waals surface area contributed by atoms with Gasteiger partial charge in [-0.25, -0.2) is 4.98 Å². The lowest BCUT2D eigenvalue weighted by Gasteiger charge is -2.23. The first kappa shape index (κ1) is 15.7. The molecule has 0 saturated carbocycles. The number of carbonyl (C=O) groups is 1. The minimum Gasteiger partial charge on any atom is -0.384 e. The summed E-state index contributed by atoms with van der Waals surface area (Å²) in [4.78, 5) is 18.3. The maximum atomic E-state index is 12.1. The Morgan fingerprint density at radius 2 is 2.11 bits per heavy atom. The fourth-order valence-electron chi connectivity index (χ4n) is 1.82. The Kier molecular flexibility index (Phi) is 6.05. The molecule has 3 N–H and O–H groups in total. The van der Waals surface area contributed by atoms with Crippen molar-refractivity contribution in [2.45, 2.75) is 26.8 Å². The van der Waals surface area contributed by atoms with Crippen molar-refractivity contribution < 1.29 is 4.79 Å². The number of aromatic nitrogens is 1. The molecule has 0 aliphatic carbocycles. The van der Waals surface area contributed by atoms with E-state index in [1.807, 2.05) is 6.92 Å². The number of likely N-dealkylation sites (N-methyl/N-ethyl adjacent to an activating group) is 1. The number of carbonyl (C=O) groups excluding carboxylic acids is 1. The molecule has 1 rings (SSSR count). The van der Waals surface area contributed by atoms with Crippen LogP contribution in [-0.4, -0.2) is 41.5 Å². The molecule has 0 aliphatic rings. The van der Waals surface area contributed by atoms with E-state index in [4.69, 9.17) is 17.3 Å². The van der Waals surface area contributed by atoms with Gasteiger partial charge in [0.1, 0.15) is 11.5 Å². The number of hydrogen-bond donors (Lipinski definition) is 2. The van der Waals surface area contributed by atoms with Crippen LogP contribution in [0.2, 0.25) is 5.02 Å². The SMILES string of the molecule is CCN(CC)CC(C)NC(=O)c1nc(N)ccc1Cl. The van der Waals surface area contributed by atoms with Gasteiger partial charge in [-0.2, -0.15) is 0 Å². The summed E-state index contributed by atoms with van der Waals surface area (Å²) in [6, 6.07) is 3.17. The van der Waals surface area contributed by atoms with Crippen LogP contribution in [0.1, 0.15) is 31.3 Å². The van der Waals surface area contributed by atoms with Crippen LogP contribution >= 0.6 is 11.6 Å². The third-order valence-corrected chi connectivity index (χ3v) is 3.19. The minimum atomic E-state index is -0.294. The summed E-state index contributed by atoms with van der Waals surface area (Å²) in [6.07, 6.45) is 0. The molecule has 1 aromatic rings. The number of pyridine rings is 1. The number of nitrogens with zero attached hydrogens (tertiary/aromatic N) is 2. The van der Waals surface area contributed by atoms with Crippen molar-refractivity contribution in [3.8, 4) is 0 Å². The molecule has 19 heavy (non-hydrogen) atoms. The van der Waals surface area contributed by atoms with Gasteiger partial charge in [-0.3, -0.25) is 4.79 Å². The fourth-order valence-corrected chi connectivity index (χ4v) is 2.01. The van der Waals surface area contributed by atoms with Crippen molar-refractivity contribution >= 4 is 23.3 Å². The Morgan fingerprint density at radius 3 is 2.68 bits per heavy atom. The van der Waals surface area contributed by atoms with Crippen molar-refractivity contribution in [3.05, 3.63) is 22.8 Å². The molecule has 0 fully saturated rings. The summed E-state index contributed by atoms with van der Waals surface area (Å²) in [7, 11) is 0. The van der Waals surface area contributed by atoms with Crippen LogP contribution in [-0.2, 0) is 0 Å². The molecule has 0 bridgehead atoms. The fraction of sp³-hybridized carbons (Fsp3) is 0.538. The second kappa shape index (κ2) is 7.31. The molecule has 6 heteroatoms. The molecule has 0 saturated heterocycles. The van der Waals surface area contributed by atoms with E-state index < -0.39 is 0 Å². The Morgan fingerprint density at radius 1 is 1.47 bits per heavy atom. The lowest BCUT2D eigenvalue weighted by molar-refractivity contribution is 0.0925. The molecule has 1 heterocycles. The zero-order valence-corrected chi connectivity index (χ0v) is 12.4. The average Bonchev–Trinajstić information content (AvgIpc) is 2.38. The van der Waals surface area contributed by atoms with Crippen LogP contribution in [0.5, 0.6) is 0 Å². The number of nitrogens with one attached hydrogen (secondary N) is 1. The van der Waals surface area contributed by atoms with Crippen molar-refractivity contribution in [2.75, 3.05) is 25.4 Å². The first-order valence-corrected chi connectivity index (χ1v) is 6.80. The van der Waals surface area contributed by atoms with E-state index in [9.17, 15) is 4.79 Å². The van der Waals surface area contributed by atoms with Gasteiger partial charge < -0.3 is 16.0 Å². The van der Waals surface area contributed by atoms with Gasteiger partial charge in [0.2, 0.25) is 0 Å². The summed E-state index contributed by atoms with van der Waals surface area (Å²) in [5.41, 5.74) is 5.74. The molecular weight excluding hydrogens is 264 g/mol. The van der Waals surface area contributed by atoms with E-state index in [1.54, 1.807) is 12.1 Å². The minimum absolute atomic E-state index is 0.0201. The number of hydrogen-bond acceptors (Lipinski definition) is 4. The molecule has 0 spiro atoms. The predicted octanol–water partition coefficient (Wildman–Crippen LogP) is 1.78. The van der Waals surface area contributed by atoms with Gasteiger partial charge in [0.25, 0.3) is 5.91 Å². The van der Waals surface area contributed by atoms with Crippen LogP contribution < -0.4 is 11.1 Å². The zero-order chi connectivity index (χ0) is 14.4. The van der Waals surface area contributed by atoms with Gasteiger partial charge >= 0.3 is 0 Å². The molecule has 0 radical (unpaired) electrons. The highest BCUT2D eigenvalue weighted by molar-refractivity contribution is 6.33. The Labute approximate surface area is 119 Å². The van der Waals surface area contributed by atoms with Gasteiger partial charge in [-0.15, -0.1) is 0 Å². The molecule has 0 aromatic carbocycles. The summed E-state index contributed by atoms with van der Waals surface area (Å²) < 4.78 is 0. The maximum absolute atomic E-state index is 12.1. The largest absolute Gasteiger partial charge is 0.384 e. The number of nitrogen functional groups attached to an aromatic ring is 1. The Bertz CT molecular complexity index is 435. The quantitative estimate of drug-likeness (QED) is 0.835. The number of amides is 1. The van der Waals surface area contributed by atoms with Crippen LogP contribution in [0.4, 0.5) is 5.82 Å². The summed E-state index contributed by atoms with van der Waals surface area (Å²) in [5.74, 6) is -0.0112. The molecule has 1 atom stereocenters. The summed E-state index contributed by atoms with van der Waals surface area (Å²) >= 11 is 5.95. The lowest BCUT2D eigenvalue weighted by atomic mass is 10.2. The first-order chi connectivity index (χ1) is 8.97. The third-order valence-electron chi connectivity index (χ3n) is 2.89. The predicted molar refractivity (Wildman–Crippen MR) is 78.4 cm³/mol. The first-order valence-electron chi connectivity index (χ1n) is 6.43. The van der Waals surface area contributed by atoms with E-state index in [0.29, 0.717) is 5.02 Å². The molecule has 1 aromatic heterocycles. The van der Waals surface area contributed by atoms with E-state index in [-0.39, 0.29) is 23.5 Å². The van der Waals surface area contributed by atoms with Crippen LogP contribution in [0.25, 0.3) is 0 Å². The Balaban J connectivity index is 2.66. The highest BCUT2D eigenvalue weighted by Gasteiger charge is 2.16. The summed E-state index contributed by atoms with van der Waals surface area (Å²) in [5, 5.41) is 3.19. The standard InChI is InChI=1S/C13H21ClN4O/c1-4-18(5-2)8-9(3)16-13(19)12-10(14)6-7-11(15)17-12/h6-7,9H,4-5,8H2,1-3H3,(H2,15,17)(H,16,19). The van der Waals surface area contributed by atoms with Crippen LogP contribution in [0.3, 0.4) is 0 Å². The van der Waals surface area contributed by atoms with Gasteiger partial charge in [0, 0.05) is 12.6 Å². The zero-order valence-electron chi connectivity index (χ0n) is 11.6. The summed E-state index contributed by atoms with van der Waals surface area (Å²) in [6.45, 7) is 8.83. The number of rotatable bonds is 6. The highest BCUT2D eigenvalue weighted by atomic mass is 35.5. The molecule has 0 aliphatic heterocycles. The lowest BCUT2D eigenvalue weighted by Crippen LogP contribution is -2.42. The van der Waals surface area contributed by atoms with E-state index in [2.05, 4.69) is 29.0 Å². The monoisotopic (exact) mass is 284 g/mol. The van der Waals surface area contributed by atoms with Crippen molar-refractivity contribution in [1.82, 2.24) is 15.2 Å². The van der Waals surface area contributed by atoms with Crippen LogP contribution in [0, 0.1) is 0 Å². The second-order valence-corrected chi connectivity index (χ2v) is 4.83. The van der Waals surface area contributed by atoms with E-state index in [1.165, 1.54) is 0 Å². The topological polar surface area (TPSA) is 71.2 Å². The molecule has 1 amide bonds. The smallest absolute Gasteiger partial charge is 0.271 e. The molecular formula is C13H21ClN4O. The van der Waals surface area contributed by atoms with Gasteiger partial charge in [0.15, 0.2) is 0 Å². The average molecular weight is 285 g/mol. The van der Waals surface area contributed by atoms with Gasteiger partial charge in [-0.1, -0.05) is 25.4 Å². The number of halogens is 1. The van der Waals surface area contributed by atoms with Crippen molar-refractivity contribution in [2.24, 2.45) is 0 Å². The van der Waals surface area contributed by atoms with Crippen molar-refractivity contribution in [3.63, 3.8) is 0 Å². The maximum Gasteiger partial charge on any atom is 0.271 e. The molecule has 5 nitrogen and oxygen atoms in total. The Hall–Kier alpha value is -1.33. The van der Waals surface area contributed by atoms with Crippen LogP contribution in [0.15, 0.2) is 12.1 Å². The normalized spacial score (nSPS) is 12.5. The number of anilines is 1. The molecule has 106 valence electrons. The van der Waals surface area contributed by atoms with Gasteiger partial charge in [0.05, 0.1) is 5.02 Å². The second-order valence-electron chi connectivity index (χ2n) is 4.43. The highest BCUT2D eigenvalue weighted by Crippen LogP contribution is 2.15. The number of nitrogens with two attached hydrogens (primary N) is 1. The van der Waals surface area contributed by atoms with E-state index in [0.717, 1.165) is 19.6 Å². The molecule has 1 unspecified atom stereocenters. The van der Waals surface area contributed by atoms with Gasteiger partial charge in [-0.05, 0) is 32.1 Å². The third kappa shape index (κ3) is 4.69. The van der Waals surface area contributed by atoms with Crippen molar-refractivity contribution in [1.29, 1.82) is 0 Å². The van der Waals surface area contributed by atoms with E-state index >= 15 is 0 Å².